The highest BCUT2D eigenvalue weighted by Crippen LogP contribution is 2.20. The molecule has 0 spiro atoms. The van der Waals surface area contributed by atoms with Crippen molar-refractivity contribution in [2.24, 2.45) is 0 Å². The molecule has 2 amide bonds. The fraction of sp³-hybridized carbons (Fsp3) is 0.450. The van der Waals surface area contributed by atoms with Crippen molar-refractivity contribution in [2.75, 3.05) is 6.54 Å². The smallest absolute Gasteiger partial charge is 0.387 e. The quantitative estimate of drug-likeness (QED) is 0.795. The van der Waals surface area contributed by atoms with Crippen LogP contribution in [0.5, 0.6) is 5.75 Å². The van der Waals surface area contributed by atoms with Crippen LogP contribution < -0.4 is 10.1 Å². The molecule has 29 heavy (non-hydrogen) atoms. The SMILES string of the molecule is Cc1noc(C)c1CN1CCC(NC(=O)c2ccc(OC(F)F)cc2)CCC1=O. The van der Waals surface area contributed by atoms with Crippen LogP contribution >= 0.6 is 0 Å². The van der Waals surface area contributed by atoms with E-state index >= 15 is 0 Å². The molecule has 2 aromatic rings. The van der Waals surface area contributed by atoms with Crippen LogP contribution in [-0.4, -0.2) is 41.1 Å². The van der Waals surface area contributed by atoms with Crippen molar-refractivity contribution in [1.29, 1.82) is 0 Å². The zero-order valence-corrected chi connectivity index (χ0v) is 16.3. The van der Waals surface area contributed by atoms with E-state index in [1.54, 1.807) is 4.90 Å². The maximum atomic E-state index is 12.5. The van der Waals surface area contributed by atoms with Gasteiger partial charge < -0.3 is 19.5 Å². The second kappa shape index (κ2) is 9.02. The number of halogens is 2. The monoisotopic (exact) mass is 407 g/mol. The average Bonchev–Trinajstić information content (AvgIpc) is 2.89. The van der Waals surface area contributed by atoms with Gasteiger partial charge in [0.2, 0.25) is 5.91 Å². The molecule has 9 heteroatoms. The summed E-state index contributed by atoms with van der Waals surface area (Å²) in [6.07, 6.45) is 1.48. The van der Waals surface area contributed by atoms with E-state index in [0.717, 1.165) is 11.3 Å². The van der Waals surface area contributed by atoms with Gasteiger partial charge in [0.25, 0.3) is 5.91 Å². The number of aromatic nitrogens is 1. The Labute approximate surface area is 167 Å². The molecule has 0 radical (unpaired) electrons. The van der Waals surface area contributed by atoms with Gasteiger partial charge in [-0.2, -0.15) is 8.78 Å². The summed E-state index contributed by atoms with van der Waals surface area (Å²) < 4.78 is 33.9. The number of carbonyl (C=O) groups excluding carboxylic acids is 2. The van der Waals surface area contributed by atoms with E-state index in [1.165, 1.54) is 24.3 Å². The van der Waals surface area contributed by atoms with Gasteiger partial charge in [-0.25, -0.2) is 0 Å². The van der Waals surface area contributed by atoms with Crippen molar-refractivity contribution in [3.8, 4) is 5.75 Å². The minimum absolute atomic E-state index is 0.00780. The Morgan fingerprint density at radius 3 is 2.66 bits per heavy atom. The highest BCUT2D eigenvalue weighted by molar-refractivity contribution is 5.94. The lowest BCUT2D eigenvalue weighted by molar-refractivity contribution is -0.131. The predicted octanol–water partition coefficient (Wildman–Crippen LogP) is 3.20. The first-order valence-corrected chi connectivity index (χ1v) is 9.38. The summed E-state index contributed by atoms with van der Waals surface area (Å²) in [6.45, 7) is 1.69. The molecule has 7 nitrogen and oxygen atoms in total. The minimum Gasteiger partial charge on any atom is -0.435 e. The maximum absolute atomic E-state index is 12.5. The molecule has 1 aromatic heterocycles. The number of likely N-dealkylation sites (tertiary alicyclic amines) is 1. The molecule has 156 valence electrons. The van der Waals surface area contributed by atoms with Gasteiger partial charge in [-0.1, -0.05) is 5.16 Å². The van der Waals surface area contributed by atoms with Gasteiger partial charge in [0.1, 0.15) is 11.5 Å². The second-order valence-corrected chi connectivity index (χ2v) is 7.02. The third kappa shape index (κ3) is 5.30. The molecule has 1 atom stereocenters. The van der Waals surface area contributed by atoms with E-state index < -0.39 is 6.61 Å². The molecule has 0 aliphatic carbocycles. The summed E-state index contributed by atoms with van der Waals surface area (Å²) in [7, 11) is 0. The van der Waals surface area contributed by atoms with Crippen LogP contribution in [0.15, 0.2) is 28.8 Å². The van der Waals surface area contributed by atoms with Crippen LogP contribution in [0, 0.1) is 13.8 Å². The number of benzene rings is 1. The fourth-order valence-corrected chi connectivity index (χ4v) is 3.32. The van der Waals surface area contributed by atoms with Crippen molar-refractivity contribution in [3.63, 3.8) is 0 Å². The van der Waals surface area contributed by atoms with Crippen LogP contribution in [0.25, 0.3) is 0 Å². The van der Waals surface area contributed by atoms with E-state index in [9.17, 15) is 18.4 Å². The number of aryl methyl sites for hydroxylation is 2. The lowest BCUT2D eigenvalue weighted by atomic mass is 10.1. The molecule has 1 saturated heterocycles. The van der Waals surface area contributed by atoms with E-state index in [-0.39, 0.29) is 23.6 Å². The Hall–Kier alpha value is -2.97. The number of alkyl halides is 2. The van der Waals surface area contributed by atoms with Crippen LogP contribution in [0.1, 0.15) is 46.6 Å². The van der Waals surface area contributed by atoms with Gasteiger partial charge >= 0.3 is 6.61 Å². The summed E-state index contributed by atoms with van der Waals surface area (Å²) >= 11 is 0. The molecule has 1 aliphatic rings. The first-order valence-electron chi connectivity index (χ1n) is 9.38. The van der Waals surface area contributed by atoms with Crippen molar-refractivity contribution in [3.05, 3.63) is 46.8 Å². The topological polar surface area (TPSA) is 84.7 Å². The summed E-state index contributed by atoms with van der Waals surface area (Å²) in [4.78, 5) is 26.7. The fourth-order valence-electron chi connectivity index (χ4n) is 3.32. The Morgan fingerprint density at radius 2 is 2.03 bits per heavy atom. The second-order valence-electron chi connectivity index (χ2n) is 7.02. The number of carbonyl (C=O) groups is 2. The Bertz CT molecular complexity index is 848. The van der Waals surface area contributed by atoms with Crippen molar-refractivity contribution in [1.82, 2.24) is 15.4 Å². The van der Waals surface area contributed by atoms with E-state index in [2.05, 4.69) is 15.2 Å². The number of nitrogens with one attached hydrogen (secondary N) is 1. The predicted molar refractivity (Wildman–Crippen MR) is 99.6 cm³/mol. The Balaban J connectivity index is 1.57. The molecule has 0 bridgehead atoms. The van der Waals surface area contributed by atoms with Gasteiger partial charge in [0, 0.05) is 30.1 Å². The summed E-state index contributed by atoms with van der Waals surface area (Å²) in [5.41, 5.74) is 2.02. The van der Waals surface area contributed by atoms with Crippen molar-refractivity contribution in [2.45, 2.75) is 52.3 Å². The van der Waals surface area contributed by atoms with E-state index in [0.29, 0.717) is 43.7 Å². The summed E-state index contributed by atoms with van der Waals surface area (Å²) in [5.74, 6) is 0.399. The number of amides is 2. The number of hydrogen-bond donors (Lipinski definition) is 1. The largest absolute Gasteiger partial charge is 0.435 e. The van der Waals surface area contributed by atoms with Gasteiger partial charge in [0.05, 0.1) is 12.2 Å². The first-order chi connectivity index (χ1) is 13.8. The van der Waals surface area contributed by atoms with Crippen LogP contribution in [0.4, 0.5) is 8.78 Å². The zero-order chi connectivity index (χ0) is 21.0. The number of hydrogen-bond acceptors (Lipinski definition) is 5. The molecular weight excluding hydrogens is 384 g/mol. The number of rotatable bonds is 6. The molecule has 2 heterocycles. The third-order valence-electron chi connectivity index (χ3n) is 5.01. The normalized spacial score (nSPS) is 17.3. The average molecular weight is 407 g/mol. The molecule has 1 aliphatic heterocycles. The van der Waals surface area contributed by atoms with E-state index in [4.69, 9.17) is 4.52 Å². The molecule has 1 aromatic carbocycles. The number of nitrogens with zero attached hydrogens (tertiary/aromatic N) is 2. The van der Waals surface area contributed by atoms with Gasteiger partial charge in [-0.05, 0) is 51.0 Å². The lowest BCUT2D eigenvalue weighted by Crippen LogP contribution is -2.36. The molecule has 3 rings (SSSR count). The Morgan fingerprint density at radius 1 is 1.31 bits per heavy atom. The molecule has 1 unspecified atom stereocenters. The molecule has 1 N–H and O–H groups in total. The lowest BCUT2D eigenvalue weighted by Gasteiger charge is -2.21. The van der Waals surface area contributed by atoms with E-state index in [1.807, 2.05) is 13.8 Å². The summed E-state index contributed by atoms with van der Waals surface area (Å²) in [5, 5.41) is 6.84. The highest BCUT2D eigenvalue weighted by Gasteiger charge is 2.25. The van der Waals surface area contributed by atoms with Crippen LogP contribution in [-0.2, 0) is 11.3 Å². The zero-order valence-electron chi connectivity index (χ0n) is 16.3. The van der Waals surface area contributed by atoms with Crippen LogP contribution in [0.2, 0.25) is 0 Å². The third-order valence-corrected chi connectivity index (χ3v) is 5.01. The van der Waals surface area contributed by atoms with Crippen molar-refractivity contribution < 1.29 is 27.6 Å². The molecule has 0 saturated carbocycles. The standard InChI is InChI=1S/C20H23F2N3O4/c1-12-17(13(2)29-24-12)11-25-10-9-15(5-8-18(25)26)23-19(27)14-3-6-16(7-4-14)28-20(21)22/h3-4,6-7,15,20H,5,8-11H2,1-2H3,(H,23,27). The minimum atomic E-state index is -2.91. The molecule has 1 fully saturated rings. The van der Waals surface area contributed by atoms with Crippen molar-refractivity contribution >= 4 is 11.8 Å². The molecular formula is C20H23F2N3O4. The maximum Gasteiger partial charge on any atom is 0.387 e. The highest BCUT2D eigenvalue weighted by atomic mass is 19.3. The van der Waals surface area contributed by atoms with Crippen LogP contribution in [0.3, 0.4) is 0 Å². The first kappa shape index (κ1) is 20.8. The van der Waals surface area contributed by atoms with Gasteiger partial charge in [-0.15, -0.1) is 0 Å². The number of ether oxygens (including phenoxy) is 1. The summed E-state index contributed by atoms with van der Waals surface area (Å²) in [6, 6.07) is 5.35. The Kier molecular flexibility index (Phi) is 6.46. The van der Waals surface area contributed by atoms with Gasteiger partial charge in [0.15, 0.2) is 0 Å². The van der Waals surface area contributed by atoms with Gasteiger partial charge in [-0.3, -0.25) is 9.59 Å².